The molecule has 0 unspecified atom stereocenters. The van der Waals surface area contributed by atoms with Gasteiger partial charge in [0.25, 0.3) is 5.09 Å². The van der Waals surface area contributed by atoms with Crippen LogP contribution in [0.1, 0.15) is 12.8 Å². The highest BCUT2D eigenvalue weighted by molar-refractivity contribution is 5.73. The first kappa shape index (κ1) is 16.6. The van der Waals surface area contributed by atoms with Crippen molar-refractivity contribution in [3.63, 3.8) is 0 Å². The maximum absolute atomic E-state index is 11.9. The number of nitrogens with zero attached hydrogens (tertiary/aromatic N) is 2. The smallest absolute Gasteiger partial charge is 0.309 e. The van der Waals surface area contributed by atoms with Gasteiger partial charge in [-0.3, -0.25) is 4.79 Å². The quantitative estimate of drug-likeness (QED) is 0.289. The molecule has 1 fully saturated rings. The minimum atomic E-state index is -0.846. The highest BCUT2D eigenvalue weighted by Crippen LogP contribution is 2.31. The summed E-state index contributed by atoms with van der Waals surface area (Å²) >= 11 is 0. The number of methoxy groups -OCH3 is 1. The Morgan fingerprint density at radius 1 is 1.30 bits per heavy atom. The van der Waals surface area contributed by atoms with Crippen LogP contribution in [0, 0.1) is 16.0 Å². The average Bonchev–Trinajstić information content (AvgIpc) is 2.69. The van der Waals surface area contributed by atoms with E-state index in [1.807, 2.05) is 21.1 Å². The minimum absolute atomic E-state index is 0.253. The van der Waals surface area contributed by atoms with Crippen LogP contribution >= 0.6 is 0 Å². The van der Waals surface area contributed by atoms with Gasteiger partial charge in [0.15, 0.2) is 0 Å². The van der Waals surface area contributed by atoms with Crippen LogP contribution < -0.4 is 0 Å². The number of quaternary nitrogens is 1. The second-order valence-electron chi connectivity index (χ2n) is 5.99. The maximum atomic E-state index is 11.9. The molecule has 0 bridgehead atoms. The second-order valence-corrected chi connectivity index (χ2v) is 5.99. The van der Waals surface area contributed by atoms with Gasteiger partial charge in [-0.1, -0.05) is 0 Å². The SMILES string of the molecule is CO[C@H]1C[C@@H](C(=O)OCC[N+](C)(C)C)C[C@@H]1O[N+](=O)[O-]. The van der Waals surface area contributed by atoms with E-state index < -0.39 is 23.2 Å². The summed E-state index contributed by atoms with van der Waals surface area (Å²) in [6.45, 7) is 1.04. The highest BCUT2D eigenvalue weighted by Gasteiger charge is 2.41. The Kier molecular flexibility index (Phi) is 5.70. The van der Waals surface area contributed by atoms with Crippen molar-refractivity contribution in [3.05, 3.63) is 10.1 Å². The Morgan fingerprint density at radius 3 is 2.40 bits per heavy atom. The second kappa shape index (κ2) is 6.85. The van der Waals surface area contributed by atoms with Gasteiger partial charge < -0.3 is 18.8 Å². The van der Waals surface area contributed by atoms with Crippen molar-refractivity contribution in [1.82, 2.24) is 0 Å². The molecule has 116 valence electrons. The van der Waals surface area contributed by atoms with Gasteiger partial charge in [-0.05, 0) is 12.8 Å². The third-order valence-corrected chi connectivity index (χ3v) is 3.31. The Balaban J connectivity index is 2.44. The molecule has 1 saturated carbocycles. The molecule has 20 heavy (non-hydrogen) atoms. The van der Waals surface area contributed by atoms with E-state index in [1.165, 1.54) is 7.11 Å². The lowest BCUT2D eigenvalue weighted by molar-refractivity contribution is -0.870. The Labute approximate surface area is 118 Å². The zero-order chi connectivity index (χ0) is 15.3. The van der Waals surface area contributed by atoms with E-state index in [0.717, 1.165) is 0 Å². The molecular formula is C12H23N2O6+. The molecular weight excluding hydrogens is 268 g/mol. The third kappa shape index (κ3) is 5.30. The first-order valence-corrected chi connectivity index (χ1v) is 6.54. The molecule has 0 N–H and O–H groups in total. The van der Waals surface area contributed by atoms with Crippen molar-refractivity contribution in [2.75, 3.05) is 41.4 Å². The molecule has 1 aliphatic carbocycles. The van der Waals surface area contributed by atoms with Gasteiger partial charge in [0.05, 0.1) is 33.2 Å². The summed E-state index contributed by atoms with van der Waals surface area (Å²) in [5.74, 6) is -0.743. The van der Waals surface area contributed by atoms with Crippen molar-refractivity contribution in [2.45, 2.75) is 25.0 Å². The van der Waals surface area contributed by atoms with Gasteiger partial charge in [-0.15, -0.1) is 10.1 Å². The Morgan fingerprint density at radius 2 is 1.90 bits per heavy atom. The molecule has 0 heterocycles. The number of hydrogen-bond acceptors (Lipinski definition) is 6. The number of ether oxygens (including phenoxy) is 2. The summed E-state index contributed by atoms with van der Waals surface area (Å²) in [5.41, 5.74) is 0. The van der Waals surface area contributed by atoms with Gasteiger partial charge in [-0.25, -0.2) is 0 Å². The summed E-state index contributed by atoms with van der Waals surface area (Å²) in [6.07, 6.45) is -0.511. The number of esters is 1. The van der Waals surface area contributed by atoms with Crippen molar-refractivity contribution in [2.24, 2.45) is 5.92 Å². The largest absolute Gasteiger partial charge is 0.459 e. The van der Waals surface area contributed by atoms with E-state index in [-0.39, 0.29) is 12.4 Å². The van der Waals surface area contributed by atoms with Crippen LogP contribution in [0.15, 0.2) is 0 Å². The molecule has 1 aliphatic rings. The predicted octanol–water partition coefficient (Wildman–Crippen LogP) is 0.238. The number of carbonyl (C=O) groups excluding carboxylic acids is 1. The van der Waals surface area contributed by atoms with Crippen LogP contribution in [-0.4, -0.2) is 69.2 Å². The Bertz CT molecular complexity index is 354. The number of hydrogen-bond donors (Lipinski definition) is 0. The molecule has 8 heteroatoms. The van der Waals surface area contributed by atoms with Crippen LogP contribution in [0.2, 0.25) is 0 Å². The van der Waals surface area contributed by atoms with E-state index in [4.69, 9.17) is 9.47 Å². The number of rotatable bonds is 7. The van der Waals surface area contributed by atoms with E-state index in [0.29, 0.717) is 24.1 Å². The maximum Gasteiger partial charge on any atom is 0.309 e. The fourth-order valence-corrected chi connectivity index (χ4v) is 2.16. The van der Waals surface area contributed by atoms with Crippen LogP contribution in [0.5, 0.6) is 0 Å². The lowest BCUT2D eigenvalue weighted by atomic mass is 10.1. The molecule has 1 rings (SSSR count). The number of carbonyl (C=O) groups is 1. The highest BCUT2D eigenvalue weighted by atomic mass is 17.0. The first-order valence-electron chi connectivity index (χ1n) is 6.54. The summed E-state index contributed by atoms with van der Waals surface area (Å²) in [7, 11) is 7.47. The van der Waals surface area contributed by atoms with Crippen LogP contribution in [0.25, 0.3) is 0 Å². The van der Waals surface area contributed by atoms with Gasteiger partial charge in [0, 0.05) is 7.11 Å². The van der Waals surface area contributed by atoms with Crippen molar-refractivity contribution >= 4 is 5.97 Å². The molecule has 3 atom stereocenters. The van der Waals surface area contributed by atoms with Gasteiger partial charge in [-0.2, -0.15) is 0 Å². The fraction of sp³-hybridized carbons (Fsp3) is 0.917. The van der Waals surface area contributed by atoms with Gasteiger partial charge >= 0.3 is 5.97 Å². The minimum Gasteiger partial charge on any atom is -0.459 e. The van der Waals surface area contributed by atoms with Crippen LogP contribution in [0.3, 0.4) is 0 Å². The summed E-state index contributed by atoms with van der Waals surface area (Å²) in [6, 6.07) is 0. The lowest BCUT2D eigenvalue weighted by Gasteiger charge is -2.23. The van der Waals surface area contributed by atoms with Crippen LogP contribution in [-0.2, 0) is 19.1 Å². The van der Waals surface area contributed by atoms with Crippen molar-refractivity contribution < 1.29 is 28.7 Å². The standard InChI is InChI=1S/C12H23N2O6/c1-14(2,3)5-6-19-12(15)9-7-10(18-4)11(8-9)20-13(16)17/h9-11H,5-8H2,1-4H3/q+1/t9-,10+,11+/m1/s1. The average molecular weight is 291 g/mol. The molecule has 0 amide bonds. The molecule has 0 radical (unpaired) electrons. The number of likely N-dealkylation sites (N-methyl/N-ethyl adjacent to an activating group) is 1. The predicted molar refractivity (Wildman–Crippen MR) is 69.2 cm³/mol. The third-order valence-electron chi connectivity index (χ3n) is 3.31. The molecule has 0 aromatic carbocycles. The normalized spacial score (nSPS) is 26.3. The first-order chi connectivity index (χ1) is 9.23. The van der Waals surface area contributed by atoms with E-state index in [2.05, 4.69) is 4.84 Å². The van der Waals surface area contributed by atoms with Crippen LogP contribution in [0.4, 0.5) is 0 Å². The summed E-state index contributed by atoms with van der Waals surface area (Å²) in [5, 5.41) is 9.54. The van der Waals surface area contributed by atoms with Crippen molar-refractivity contribution in [3.8, 4) is 0 Å². The van der Waals surface area contributed by atoms with Crippen molar-refractivity contribution in [1.29, 1.82) is 0 Å². The zero-order valence-corrected chi connectivity index (χ0v) is 12.4. The lowest BCUT2D eigenvalue weighted by Crippen LogP contribution is -2.38. The van der Waals surface area contributed by atoms with Gasteiger partial charge in [0.1, 0.15) is 19.3 Å². The monoisotopic (exact) mass is 291 g/mol. The van der Waals surface area contributed by atoms with E-state index in [1.54, 1.807) is 0 Å². The summed E-state index contributed by atoms with van der Waals surface area (Å²) in [4.78, 5) is 26.8. The molecule has 8 nitrogen and oxygen atoms in total. The molecule has 0 spiro atoms. The Hall–Kier alpha value is -1.41. The fourth-order valence-electron chi connectivity index (χ4n) is 2.16. The van der Waals surface area contributed by atoms with E-state index in [9.17, 15) is 14.9 Å². The molecule has 0 aromatic heterocycles. The summed E-state index contributed by atoms with van der Waals surface area (Å²) < 4.78 is 11.0. The molecule has 0 aliphatic heterocycles. The molecule has 0 saturated heterocycles. The van der Waals surface area contributed by atoms with E-state index >= 15 is 0 Å². The zero-order valence-electron chi connectivity index (χ0n) is 12.4. The molecule has 0 aromatic rings. The van der Waals surface area contributed by atoms with Gasteiger partial charge in [0.2, 0.25) is 0 Å². The topological polar surface area (TPSA) is 87.9 Å².